The second-order valence-corrected chi connectivity index (χ2v) is 4.79. The highest BCUT2D eigenvalue weighted by atomic mass is 79.9. The first-order chi connectivity index (χ1) is 6.56. The van der Waals surface area contributed by atoms with Crippen LogP contribution in [0.15, 0.2) is 0 Å². The lowest BCUT2D eigenvalue weighted by atomic mass is 10.1. The molecule has 0 spiro atoms. The van der Waals surface area contributed by atoms with Crippen LogP contribution in [0.5, 0.6) is 0 Å². The van der Waals surface area contributed by atoms with E-state index in [1.165, 1.54) is 0 Å². The summed E-state index contributed by atoms with van der Waals surface area (Å²) in [7, 11) is 1.95. The van der Waals surface area contributed by atoms with Crippen LogP contribution >= 0.6 is 27.5 Å². The van der Waals surface area contributed by atoms with Gasteiger partial charge in [0.15, 0.2) is 0 Å². The Kier molecular flexibility index (Phi) is 4.45. The lowest BCUT2D eigenvalue weighted by Crippen LogP contribution is -2.03. The van der Waals surface area contributed by atoms with Crippen molar-refractivity contribution in [2.24, 2.45) is 13.0 Å². The lowest BCUT2D eigenvalue weighted by molar-refractivity contribution is 0.575. The highest BCUT2D eigenvalue weighted by molar-refractivity contribution is 9.09. The predicted molar refractivity (Wildman–Crippen MR) is 64.2 cm³/mol. The Morgan fingerprint density at radius 1 is 1.57 bits per heavy atom. The first-order valence-corrected chi connectivity index (χ1v) is 6.30. The summed E-state index contributed by atoms with van der Waals surface area (Å²) >= 11 is 9.62. The van der Waals surface area contributed by atoms with Gasteiger partial charge in [-0.05, 0) is 25.7 Å². The Balaban J connectivity index is 2.67. The summed E-state index contributed by atoms with van der Waals surface area (Å²) in [4.78, 5) is 0. The molecule has 1 atom stereocenters. The second-order valence-electron chi connectivity index (χ2n) is 3.77. The molecule has 0 bridgehead atoms. The molecule has 0 aliphatic carbocycles. The summed E-state index contributed by atoms with van der Waals surface area (Å²) in [6.45, 7) is 4.17. The fourth-order valence-electron chi connectivity index (χ4n) is 1.41. The van der Waals surface area contributed by atoms with Crippen LogP contribution in [0, 0.1) is 12.8 Å². The zero-order valence-corrected chi connectivity index (χ0v) is 11.2. The van der Waals surface area contributed by atoms with E-state index in [0.717, 1.165) is 34.6 Å². The molecule has 0 saturated heterocycles. The number of hydrogen-bond acceptors (Lipinski definition) is 1. The van der Waals surface area contributed by atoms with Gasteiger partial charge in [0.05, 0.1) is 16.4 Å². The van der Waals surface area contributed by atoms with Gasteiger partial charge in [0.2, 0.25) is 0 Å². The third-order valence-electron chi connectivity index (χ3n) is 2.40. The zero-order chi connectivity index (χ0) is 10.7. The first-order valence-electron chi connectivity index (χ1n) is 4.80. The Labute approximate surface area is 98.8 Å². The van der Waals surface area contributed by atoms with Crippen LogP contribution < -0.4 is 0 Å². The van der Waals surface area contributed by atoms with Crippen molar-refractivity contribution in [1.29, 1.82) is 0 Å². The number of halogens is 2. The van der Waals surface area contributed by atoms with Gasteiger partial charge in [-0.1, -0.05) is 34.5 Å². The Morgan fingerprint density at radius 2 is 2.21 bits per heavy atom. The van der Waals surface area contributed by atoms with E-state index >= 15 is 0 Å². The molecule has 14 heavy (non-hydrogen) atoms. The van der Waals surface area contributed by atoms with Gasteiger partial charge in [0.25, 0.3) is 0 Å². The van der Waals surface area contributed by atoms with Crippen LogP contribution in [0.1, 0.15) is 24.7 Å². The molecule has 2 nitrogen and oxygen atoms in total. The van der Waals surface area contributed by atoms with E-state index < -0.39 is 0 Å². The Morgan fingerprint density at radius 3 is 2.64 bits per heavy atom. The largest absolute Gasteiger partial charge is 0.271 e. The molecular weight excluding hydrogens is 263 g/mol. The van der Waals surface area contributed by atoms with E-state index in [-0.39, 0.29) is 0 Å². The van der Waals surface area contributed by atoms with Crippen molar-refractivity contribution in [2.45, 2.75) is 26.7 Å². The fourth-order valence-corrected chi connectivity index (χ4v) is 1.99. The molecular formula is C10H16BrClN2. The van der Waals surface area contributed by atoms with E-state index in [2.05, 4.69) is 28.0 Å². The zero-order valence-electron chi connectivity index (χ0n) is 8.85. The summed E-state index contributed by atoms with van der Waals surface area (Å²) in [5, 5.41) is 6.16. The molecule has 0 amide bonds. The minimum absolute atomic E-state index is 0.682. The maximum Gasteiger partial charge on any atom is 0.0846 e. The molecule has 4 heteroatoms. The fraction of sp³-hybridized carbons (Fsp3) is 0.700. The van der Waals surface area contributed by atoms with Crippen molar-refractivity contribution in [3.63, 3.8) is 0 Å². The second kappa shape index (κ2) is 5.17. The molecule has 1 unspecified atom stereocenters. The molecule has 0 aliphatic rings. The van der Waals surface area contributed by atoms with Crippen molar-refractivity contribution in [3.05, 3.63) is 16.4 Å². The predicted octanol–water partition coefficient (Wildman–Crippen LogP) is 3.35. The van der Waals surface area contributed by atoms with Gasteiger partial charge in [0, 0.05) is 12.4 Å². The smallest absolute Gasteiger partial charge is 0.0846 e. The van der Waals surface area contributed by atoms with E-state index in [1.54, 1.807) is 0 Å². The maximum atomic E-state index is 6.15. The monoisotopic (exact) mass is 278 g/mol. The molecule has 1 heterocycles. The van der Waals surface area contributed by atoms with Crippen molar-refractivity contribution < 1.29 is 0 Å². The lowest BCUT2D eigenvalue weighted by Gasteiger charge is -2.07. The van der Waals surface area contributed by atoms with Crippen LogP contribution in [-0.4, -0.2) is 15.1 Å². The number of hydrogen-bond donors (Lipinski definition) is 0. The van der Waals surface area contributed by atoms with Gasteiger partial charge >= 0.3 is 0 Å². The van der Waals surface area contributed by atoms with Crippen molar-refractivity contribution in [1.82, 2.24) is 9.78 Å². The molecule has 1 aromatic rings. The van der Waals surface area contributed by atoms with Gasteiger partial charge in [-0.3, -0.25) is 4.68 Å². The molecule has 0 radical (unpaired) electrons. The number of alkyl halides is 1. The Bertz CT molecular complexity index is 309. The average Bonchev–Trinajstić information content (AvgIpc) is 2.39. The van der Waals surface area contributed by atoms with Crippen LogP contribution in [0.2, 0.25) is 5.02 Å². The quantitative estimate of drug-likeness (QED) is 0.773. The topological polar surface area (TPSA) is 17.8 Å². The third-order valence-corrected chi connectivity index (χ3v) is 4.00. The van der Waals surface area contributed by atoms with Gasteiger partial charge in [-0.25, -0.2) is 0 Å². The van der Waals surface area contributed by atoms with Crippen molar-refractivity contribution in [3.8, 4) is 0 Å². The minimum atomic E-state index is 0.682. The van der Waals surface area contributed by atoms with Crippen LogP contribution in [0.3, 0.4) is 0 Å². The standard InChI is InChI=1S/C10H16BrClN2/c1-7(6-11)4-5-9-10(12)8(2)13-14(9)3/h7H,4-6H2,1-3H3. The van der Waals surface area contributed by atoms with E-state index in [0.29, 0.717) is 5.92 Å². The van der Waals surface area contributed by atoms with Crippen LogP contribution in [-0.2, 0) is 13.5 Å². The minimum Gasteiger partial charge on any atom is -0.271 e. The van der Waals surface area contributed by atoms with E-state index in [1.807, 2.05) is 18.7 Å². The highest BCUT2D eigenvalue weighted by Crippen LogP contribution is 2.22. The number of aryl methyl sites for hydroxylation is 2. The Hall–Kier alpha value is -0.0200. The van der Waals surface area contributed by atoms with Crippen molar-refractivity contribution >= 4 is 27.5 Å². The average molecular weight is 280 g/mol. The van der Waals surface area contributed by atoms with Crippen LogP contribution in [0.25, 0.3) is 0 Å². The summed E-state index contributed by atoms with van der Waals surface area (Å²) in [5.41, 5.74) is 2.08. The summed E-state index contributed by atoms with van der Waals surface area (Å²) in [5.74, 6) is 0.682. The SMILES string of the molecule is Cc1nn(C)c(CCC(C)CBr)c1Cl. The third kappa shape index (κ3) is 2.74. The summed E-state index contributed by atoms with van der Waals surface area (Å²) in [6.07, 6.45) is 2.15. The molecule has 0 aliphatic heterocycles. The molecule has 0 N–H and O–H groups in total. The molecule has 0 aromatic carbocycles. The maximum absolute atomic E-state index is 6.15. The normalized spacial score (nSPS) is 13.2. The summed E-state index contributed by atoms with van der Waals surface area (Å²) in [6, 6.07) is 0. The molecule has 0 saturated carbocycles. The van der Waals surface area contributed by atoms with Gasteiger partial charge < -0.3 is 0 Å². The molecule has 80 valence electrons. The van der Waals surface area contributed by atoms with E-state index in [9.17, 15) is 0 Å². The van der Waals surface area contributed by atoms with Crippen LogP contribution in [0.4, 0.5) is 0 Å². The number of aromatic nitrogens is 2. The molecule has 0 fully saturated rings. The molecule has 1 aromatic heterocycles. The first kappa shape index (κ1) is 12.1. The van der Waals surface area contributed by atoms with E-state index in [4.69, 9.17) is 11.6 Å². The van der Waals surface area contributed by atoms with Gasteiger partial charge in [0.1, 0.15) is 0 Å². The van der Waals surface area contributed by atoms with Crippen molar-refractivity contribution in [2.75, 3.05) is 5.33 Å². The number of rotatable bonds is 4. The number of nitrogens with zero attached hydrogens (tertiary/aromatic N) is 2. The van der Waals surface area contributed by atoms with Gasteiger partial charge in [-0.2, -0.15) is 5.10 Å². The molecule has 1 rings (SSSR count). The van der Waals surface area contributed by atoms with Gasteiger partial charge in [-0.15, -0.1) is 0 Å². The highest BCUT2D eigenvalue weighted by Gasteiger charge is 2.11. The summed E-state index contributed by atoms with van der Waals surface area (Å²) < 4.78 is 1.89.